The molecule has 4 rings (SSSR count). The summed E-state index contributed by atoms with van der Waals surface area (Å²) < 4.78 is 0. The lowest BCUT2D eigenvalue weighted by Crippen LogP contribution is -2.25. The van der Waals surface area contributed by atoms with Crippen LogP contribution in [0.5, 0.6) is 0 Å². The molecule has 1 aliphatic carbocycles. The van der Waals surface area contributed by atoms with E-state index in [-0.39, 0.29) is 11.8 Å². The highest BCUT2D eigenvalue weighted by molar-refractivity contribution is 8.04. The van der Waals surface area contributed by atoms with Gasteiger partial charge in [0.2, 0.25) is 0 Å². The third-order valence-electron chi connectivity index (χ3n) is 5.82. The van der Waals surface area contributed by atoms with E-state index in [4.69, 9.17) is 0 Å². The van der Waals surface area contributed by atoms with Gasteiger partial charge < -0.3 is 10.6 Å². The first-order chi connectivity index (χ1) is 15.6. The molecule has 1 fully saturated rings. The largest absolute Gasteiger partial charge is 0.352 e. The second-order valence-corrected chi connectivity index (χ2v) is 10.9. The number of thioether (sulfide) groups is 2. The van der Waals surface area contributed by atoms with Crippen LogP contribution in [0.1, 0.15) is 60.0 Å². The average molecular weight is 467 g/mol. The molecule has 0 unspecified atom stereocenters. The van der Waals surface area contributed by atoms with Crippen LogP contribution in [0.3, 0.4) is 0 Å². The van der Waals surface area contributed by atoms with Crippen LogP contribution in [0.4, 0.5) is 5.69 Å². The van der Waals surface area contributed by atoms with E-state index >= 15 is 0 Å². The number of nitrogens with one attached hydrogen (secondary N) is 2. The zero-order valence-corrected chi connectivity index (χ0v) is 20.1. The molecule has 0 saturated heterocycles. The van der Waals surface area contributed by atoms with Crippen molar-refractivity contribution in [1.82, 2.24) is 5.32 Å². The molecular weight excluding hydrogens is 436 g/mol. The van der Waals surface area contributed by atoms with Crippen LogP contribution in [-0.4, -0.2) is 29.4 Å². The summed E-state index contributed by atoms with van der Waals surface area (Å²) in [5, 5.41) is 6.77. The molecule has 32 heavy (non-hydrogen) atoms. The predicted octanol–water partition coefficient (Wildman–Crippen LogP) is 6.27. The summed E-state index contributed by atoms with van der Waals surface area (Å²) >= 11 is 3.50. The lowest BCUT2D eigenvalue weighted by atomic mass is 10.0. The lowest BCUT2D eigenvalue weighted by molar-refractivity contribution is -0.112. The monoisotopic (exact) mass is 466 g/mol. The molecule has 2 N–H and O–H groups in total. The smallest absolute Gasteiger partial charge is 0.262 e. The maximum atomic E-state index is 12.6. The second-order valence-electron chi connectivity index (χ2n) is 8.43. The Morgan fingerprint density at radius 2 is 1.94 bits per heavy atom. The second kappa shape index (κ2) is 11.1. The molecule has 0 radical (unpaired) electrons. The fraction of sp³-hybridized carbons (Fsp3) is 0.385. The molecule has 1 heterocycles. The fourth-order valence-electron chi connectivity index (χ4n) is 3.97. The van der Waals surface area contributed by atoms with E-state index in [1.54, 1.807) is 6.07 Å². The van der Waals surface area contributed by atoms with Gasteiger partial charge in [-0.1, -0.05) is 60.9 Å². The number of anilines is 1. The predicted molar refractivity (Wildman–Crippen MR) is 136 cm³/mol. The third-order valence-corrected chi connectivity index (χ3v) is 8.39. The van der Waals surface area contributed by atoms with Crippen molar-refractivity contribution in [3.05, 3.63) is 64.1 Å². The van der Waals surface area contributed by atoms with Gasteiger partial charge in [-0.05, 0) is 61.8 Å². The van der Waals surface area contributed by atoms with Gasteiger partial charge in [0, 0.05) is 22.3 Å². The summed E-state index contributed by atoms with van der Waals surface area (Å²) in [4.78, 5) is 26.7. The molecule has 2 aliphatic rings. The Balaban J connectivity index is 1.30. The Morgan fingerprint density at radius 3 is 2.72 bits per heavy atom. The van der Waals surface area contributed by atoms with Gasteiger partial charge in [-0.2, -0.15) is 11.8 Å². The zero-order chi connectivity index (χ0) is 22.3. The minimum Gasteiger partial charge on any atom is -0.352 e. The molecule has 0 bridgehead atoms. The number of hydrogen-bond acceptors (Lipinski definition) is 4. The number of fused-ring (bicyclic) bond motifs is 1. The van der Waals surface area contributed by atoms with Crippen molar-refractivity contribution in [3.63, 3.8) is 0 Å². The number of benzene rings is 2. The van der Waals surface area contributed by atoms with E-state index in [9.17, 15) is 9.59 Å². The number of amides is 2. The standard InChI is InChI=1S/C26H30N2O2S2/c1-18-8-10-19(11-9-18)16-24-26(30)28-22-17-20(12-13-23(22)32-24)25(29)27-14-5-15-31-21-6-3-2-4-7-21/h8-13,16-17,21H,2-7,14-15H2,1H3,(H,27,29)(H,28,30). The highest BCUT2D eigenvalue weighted by Gasteiger charge is 2.22. The molecule has 2 amide bonds. The molecule has 2 aromatic carbocycles. The average Bonchev–Trinajstić information content (AvgIpc) is 2.81. The highest BCUT2D eigenvalue weighted by Crippen LogP contribution is 2.39. The molecule has 0 atom stereocenters. The van der Waals surface area contributed by atoms with Crippen molar-refractivity contribution in [2.75, 3.05) is 17.6 Å². The lowest BCUT2D eigenvalue weighted by Gasteiger charge is -2.21. The van der Waals surface area contributed by atoms with Crippen LogP contribution in [0.2, 0.25) is 0 Å². The normalized spacial score (nSPS) is 17.7. The molecule has 0 aromatic heterocycles. The number of aryl methyl sites for hydroxylation is 1. The summed E-state index contributed by atoms with van der Waals surface area (Å²) in [6, 6.07) is 13.6. The SMILES string of the molecule is Cc1ccc(C=C2Sc3ccc(C(=O)NCCCSC4CCCCC4)cc3NC2=O)cc1. The third kappa shape index (κ3) is 6.20. The zero-order valence-electron chi connectivity index (χ0n) is 18.5. The Hall–Kier alpha value is -2.18. The number of rotatable bonds is 7. The summed E-state index contributed by atoms with van der Waals surface area (Å²) in [5.74, 6) is 0.869. The van der Waals surface area contributed by atoms with E-state index in [2.05, 4.69) is 22.4 Å². The van der Waals surface area contributed by atoms with Crippen LogP contribution < -0.4 is 10.6 Å². The van der Waals surface area contributed by atoms with Gasteiger partial charge in [-0.3, -0.25) is 9.59 Å². The molecule has 4 nitrogen and oxygen atoms in total. The maximum absolute atomic E-state index is 12.6. The first-order valence-electron chi connectivity index (χ1n) is 11.4. The van der Waals surface area contributed by atoms with Crippen molar-refractivity contribution in [2.45, 2.75) is 55.6 Å². The molecule has 168 valence electrons. The Bertz CT molecular complexity index is 995. The van der Waals surface area contributed by atoms with Gasteiger partial charge in [0.1, 0.15) is 0 Å². The van der Waals surface area contributed by atoms with Gasteiger partial charge in [0.25, 0.3) is 11.8 Å². The van der Waals surface area contributed by atoms with E-state index in [0.29, 0.717) is 22.7 Å². The van der Waals surface area contributed by atoms with Gasteiger partial charge in [-0.25, -0.2) is 0 Å². The molecule has 0 spiro atoms. The number of carbonyl (C=O) groups excluding carboxylic acids is 2. The van der Waals surface area contributed by atoms with Crippen LogP contribution in [0.15, 0.2) is 52.3 Å². The van der Waals surface area contributed by atoms with Crippen molar-refractivity contribution in [3.8, 4) is 0 Å². The minimum atomic E-state index is -0.139. The highest BCUT2D eigenvalue weighted by atomic mass is 32.2. The van der Waals surface area contributed by atoms with Crippen molar-refractivity contribution >= 4 is 47.1 Å². The Morgan fingerprint density at radius 1 is 1.16 bits per heavy atom. The van der Waals surface area contributed by atoms with Crippen LogP contribution in [0, 0.1) is 6.92 Å². The molecule has 1 saturated carbocycles. The first-order valence-corrected chi connectivity index (χ1v) is 13.3. The number of carbonyl (C=O) groups is 2. The van der Waals surface area contributed by atoms with Gasteiger partial charge in [-0.15, -0.1) is 0 Å². The van der Waals surface area contributed by atoms with E-state index in [1.165, 1.54) is 49.4 Å². The van der Waals surface area contributed by atoms with Gasteiger partial charge in [0.05, 0.1) is 10.6 Å². The topological polar surface area (TPSA) is 58.2 Å². The fourth-order valence-corrected chi connectivity index (χ4v) is 6.22. The Kier molecular flexibility index (Phi) is 7.98. The molecular formula is C26H30N2O2S2. The molecule has 6 heteroatoms. The van der Waals surface area contributed by atoms with Gasteiger partial charge in [0.15, 0.2) is 0 Å². The van der Waals surface area contributed by atoms with Crippen molar-refractivity contribution in [1.29, 1.82) is 0 Å². The van der Waals surface area contributed by atoms with Gasteiger partial charge >= 0.3 is 0 Å². The molecule has 2 aromatic rings. The van der Waals surface area contributed by atoms with E-state index in [1.807, 2.05) is 49.4 Å². The van der Waals surface area contributed by atoms with Crippen LogP contribution in [0.25, 0.3) is 6.08 Å². The summed E-state index contributed by atoms with van der Waals surface area (Å²) in [7, 11) is 0. The Labute approximate surface area is 199 Å². The quantitative estimate of drug-likeness (QED) is 0.373. The summed E-state index contributed by atoms with van der Waals surface area (Å²) in [6.45, 7) is 2.72. The maximum Gasteiger partial charge on any atom is 0.262 e. The van der Waals surface area contributed by atoms with Crippen LogP contribution >= 0.6 is 23.5 Å². The summed E-state index contributed by atoms with van der Waals surface area (Å²) in [6.07, 6.45) is 9.69. The molecule has 1 aliphatic heterocycles. The minimum absolute atomic E-state index is 0.0873. The van der Waals surface area contributed by atoms with Crippen molar-refractivity contribution < 1.29 is 9.59 Å². The number of hydrogen-bond donors (Lipinski definition) is 2. The van der Waals surface area contributed by atoms with Crippen LogP contribution in [-0.2, 0) is 4.79 Å². The van der Waals surface area contributed by atoms with Crippen molar-refractivity contribution in [2.24, 2.45) is 0 Å². The summed E-state index contributed by atoms with van der Waals surface area (Å²) in [5.41, 5.74) is 3.46. The first kappa shape index (κ1) is 23.0. The van der Waals surface area contributed by atoms with E-state index in [0.717, 1.165) is 27.9 Å². The van der Waals surface area contributed by atoms with E-state index < -0.39 is 0 Å².